The van der Waals surface area contributed by atoms with E-state index in [-0.39, 0.29) is 18.1 Å². The van der Waals surface area contributed by atoms with E-state index in [1.807, 2.05) is 18.2 Å². The van der Waals surface area contributed by atoms with Crippen LogP contribution in [0.2, 0.25) is 0 Å². The van der Waals surface area contributed by atoms with Gasteiger partial charge in [0.2, 0.25) is 0 Å². The van der Waals surface area contributed by atoms with Gasteiger partial charge in [0.25, 0.3) is 0 Å². The molecule has 0 amide bonds. The Labute approximate surface area is 180 Å². The minimum absolute atomic E-state index is 0. The first-order valence-electron chi connectivity index (χ1n) is 9.37. The Kier molecular flexibility index (Phi) is 6.72. The lowest BCUT2D eigenvalue weighted by atomic mass is 10.1. The number of nitriles is 1. The standard InChI is InChI=1S/C20H22N8O.ClH/c1-13-12-28(6-5-22-13)15-3-4-16(18(7-15)29-2)17-8-19(27-26-17)25-20-11-23-14(9-21)10-24-20;/h3-4,7-8,10-11,13,22H,5-6,12H2,1-2H3,(H2,24,25,26,27);1H/t13-;/m1./s1. The molecule has 3 aromatic rings. The molecule has 1 fully saturated rings. The van der Waals surface area contributed by atoms with Crippen LogP contribution in [0.4, 0.5) is 17.3 Å². The van der Waals surface area contributed by atoms with E-state index in [9.17, 15) is 0 Å². The Bertz CT molecular complexity index is 1030. The van der Waals surface area contributed by atoms with E-state index in [0.717, 1.165) is 42.3 Å². The van der Waals surface area contributed by atoms with Crippen LogP contribution in [0.3, 0.4) is 0 Å². The number of hydrogen-bond acceptors (Lipinski definition) is 8. The highest BCUT2D eigenvalue weighted by Gasteiger charge is 2.18. The van der Waals surface area contributed by atoms with Crippen molar-refractivity contribution in [2.45, 2.75) is 13.0 Å². The minimum Gasteiger partial charge on any atom is -0.496 e. The van der Waals surface area contributed by atoms with E-state index in [4.69, 9.17) is 10.00 Å². The molecule has 1 saturated heterocycles. The van der Waals surface area contributed by atoms with Crippen LogP contribution in [0, 0.1) is 11.3 Å². The van der Waals surface area contributed by atoms with Crippen LogP contribution in [-0.2, 0) is 0 Å². The van der Waals surface area contributed by atoms with Crippen molar-refractivity contribution in [3.8, 4) is 23.1 Å². The molecule has 156 valence electrons. The van der Waals surface area contributed by atoms with Crippen LogP contribution in [0.25, 0.3) is 11.3 Å². The second-order valence-corrected chi connectivity index (χ2v) is 6.88. The molecule has 3 N–H and O–H groups in total. The van der Waals surface area contributed by atoms with Crippen LogP contribution < -0.4 is 20.3 Å². The van der Waals surface area contributed by atoms with Gasteiger partial charge < -0.3 is 20.3 Å². The molecule has 1 aliphatic heterocycles. The lowest BCUT2D eigenvalue weighted by molar-refractivity contribution is 0.415. The van der Waals surface area contributed by atoms with Crippen LogP contribution in [0.15, 0.2) is 36.7 Å². The largest absolute Gasteiger partial charge is 0.496 e. The van der Waals surface area contributed by atoms with Crippen LogP contribution in [0.5, 0.6) is 5.75 Å². The van der Waals surface area contributed by atoms with Gasteiger partial charge in [-0.05, 0) is 19.1 Å². The van der Waals surface area contributed by atoms with E-state index in [1.165, 1.54) is 12.4 Å². The first-order valence-corrected chi connectivity index (χ1v) is 9.37. The first-order chi connectivity index (χ1) is 14.2. The van der Waals surface area contributed by atoms with E-state index >= 15 is 0 Å². The summed E-state index contributed by atoms with van der Waals surface area (Å²) in [5.41, 5.74) is 3.16. The number of H-pyrrole nitrogens is 1. The number of benzene rings is 1. The van der Waals surface area contributed by atoms with Crippen molar-refractivity contribution in [2.75, 3.05) is 37.0 Å². The van der Waals surface area contributed by atoms with Gasteiger partial charge in [0.15, 0.2) is 11.5 Å². The van der Waals surface area contributed by atoms with Gasteiger partial charge in [-0.2, -0.15) is 10.4 Å². The number of rotatable bonds is 5. The summed E-state index contributed by atoms with van der Waals surface area (Å²) in [5, 5.41) is 22.6. The molecule has 2 aromatic heterocycles. The molecule has 1 atom stereocenters. The molecule has 0 spiro atoms. The lowest BCUT2D eigenvalue weighted by Gasteiger charge is -2.34. The van der Waals surface area contributed by atoms with Crippen molar-refractivity contribution < 1.29 is 4.74 Å². The fourth-order valence-corrected chi connectivity index (χ4v) is 3.37. The molecule has 0 unspecified atom stereocenters. The summed E-state index contributed by atoms with van der Waals surface area (Å²) < 4.78 is 5.65. The summed E-state index contributed by atoms with van der Waals surface area (Å²) in [6.07, 6.45) is 2.91. The predicted molar refractivity (Wildman–Crippen MR) is 118 cm³/mol. The number of piperazine rings is 1. The highest BCUT2D eigenvalue weighted by Crippen LogP contribution is 2.34. The Morgan fingerprint density at radius 1 is 1.23 bits per heavy atom. The van der Waals surface area contributed by atoms with E-state index in [0.29, 0.717) is 17.7 Å². The van der Waals surface area contributed by atoms with Crippen molar-refractivity contribution in [3.63, 3.8) is 0 Å². The third-order valence-electron chi connectivity index (χ3n) is 4.81. The summed E-state index contributed by atoms with van der Waals surface area (Å²) >= 11 is 0. The van der Waals surface area contributed by atoms with Gasteiger partial charge in [-0.25, -0.2) is 9.97 Å². The fourth-order valence-electron chi connectivity index (χ4n) is 3.37. The summed E-state index contributed by atoms with van der Waals surface area (Å²) in [5.74, 6) is 1.89. The maximum absolute atomic E-state index is 8.80. The van der Waals surface area contributed by atoms with Crippen LogP contribution in [-0.4, -0.2) is 53.0 Å². The smallest absolute Gasteiger partial charge is 0.158 e. The molecule has 0 saturated carbocycles. The Morgan fingerprint density at radius 2 is 2.10 bits per heavy atom. The minimum atomic E-state index is 0. The van der Waals surface area contributed by atoms with Crippen molar-refractivity contribution in [2.24, 2.45) is 0 Å². The van der Waals surface area contributed by atoms with Crippen molar-refractivity contribution in [3.05, 3.63) is 42.4 Å². The number of halogens is 1. The average Bonchev–Trinajstić information content (AvgIpc) is 3.22. The Hall–Kier alpha value is -3.35. The first kappa shape index (κ1) is 21.4. The zero-order chi connectivity index (χ0) is 20.2. The van der Waals surface area contributed by atoms with Gasteiger partial charge >= 0.3 is 0 Å². The third-order valence-corrected chi connectivity index (χ3v) is 4.81. The van der Waals surface area contributed by atoms with Gasteiger partial charge in [0.05, 0.1) is 25.2 Å². The highest BCUT2D eigenvalue weighted by atomic mass is 35.5. The van der Waals surface area contributed by atoms with E-state index < -0.39 is 0 Å². The number of hydrogen-bond donors (Lipinski definition) is 3. The quantitative estimate of drug-likeness (QED) is 0.570. The molecule has 9 nitrogen and oxygen atoms in total. The molecule has 1 aliphatic rings. The van der Waals surface area contributed by atoms with Gasteiger partial charge in [0.1, 0.15) is 17.6 Å². The van der Waals surface area contributed by atoms with Crippen LogP contribution >= 0.6 is 12.4 Å². The number of ether oxygens (including phenoxy) is 1. The summed E-state index contributed by atoms with van der Waals surface area (Å²) in [4.78, 5) is 10.5. The lowest BCUT2D eigenvalue weighted by Crippen LogP contribution is -2.49. The second-order valence-electron chi connectivity index (χ2n) is 6.88. The van der Waals surface area contributed by atoms with E-state index in [2.05, 4.69) is 54.8 Å². The van der Waals surface area contributed by atoms with Crippen LogP contribution in [0.1, 0.15) is 12.6 Å². The SMILES string of the molecule is COc1cc(N2CCN[C@H](C)C2)ccc1-c1cc(Nc2cnc(C#N)cn2)n[nH]1.Cl. The number of aromatic amines is 1. The van der Waals surface area contributed by atoms with Gasteiger partial charge in [-0.3, -0.25) is 5.10 Å². The third kappa shape index (κ3) is 4.62. The molecule has 0 bridgehead atoms. The molecule has 1 aromatic carbocycles. The summed E-state index contributed by atoms with van der Waals surface area (Å²) in [7, 11) is 1.67. The second kappa shape index (κ2) is 9.43. The molecule has 30 heavy (non-hydrogen) atoms. The maximum Gasteiger partial charge on any atom is 0.158 e. The molecule has 10 heteroatoms. The number of nitrogens with zero attached hydrogens (tertiary/aromatic N) is 5. The Morgan fingerprint density at radius 3 is 2.80 bits per heavy atom. The number of anilines is 3. The van der Waals surface area contributed by atoms with Gasteiger partial charge in [0, 0.05) is 49.1 Å². The fraction of sp³-hybridized carbons (Fsp3) is 0.300. The molecule has 4 rings (SSSR count). The van der Waals surface area contributed by atoms with Crippen molar-refractivity contribution in [1.82, 2.24) is 25.5 Å². The topological polar surface area (TPSA) is 115 Å². The van der Waals surface area contributed by atoms with Gasteiger partial charge in [-0.1, -0.05) is 0 Å². The number of nitrogens with one attached hydrogen (secondary N) is 3. The summed E-state index contributed by atoms with van der Waals surface area (Å²) in [6.45, 7) is 5.09. The Balaban J connectivity index is 0.00000256. The average molecular weight is 427 g/mol. The van der Waals surface area contributed by atoms with Crippen molar-refractivity contribution in [1.29, 1.82) is 5.26 Å². The molecule has 3 heterocycles. The monoisotopic (exact) mass is 426 g/mol. The number of methoxy groups -OCH3 is 1. The molecule has 0 radical (unpaired) electrons. The van der Waals surface area contributed by atoms with E-state index in [1.54, 1.807) is 7.11 Å². The van der Waals surface area contributed by atoms with Gasteiger partial charge in [-0.15, -0.1) is 12.4 Å². The zero-order valence-electron chi connectivity index (χ0n) is 16.7. The van der Waals surface area contributed by atoms with Crippen molar-refractivity contribution >= 4 is 29.7 Å². The normalized spacial score (nSPS) is 15.8. The highest BCUT2D eigenvalue weighted by molar-refractivity contribution is 5.85. The predicted octanol–water partition coefficient (Wildman–Crippen LogP) is 2.71. The molecular formula is C20H23ClN8O. The maximum atomic E-state index is 8.80. The molecular weight excluding hydrogens is 404 g/mol. The summed E-state index contributed by atoms with van der Waals surface area (Å²) in [6, 6.07) is 10.5. The molecule has 0 aliphatic carbocycles. The zero-order valence-corrected chi connectivity index (χ0v) is 17.5. The number of aromatic nitrogens is 4.